The van der Waals surface area contributed by atoms with Crippen molar-refractivity contribution in [3.63, 3.8) is 0 Å². The average molecular weight is 421 g/mol. The predicted octanol–water partition coefficient (Wildman–Crippen LogP) is 5.36. The first-order chi connectivity index (χ1) is 14.5. The predicted molar refractivity (Wildman–Crippen MR) is 121 cm³/mol. The standard InChI is InChI=1S/C25H25ClN2O2/c1-27(2)16-23-15-21-12-13-28(17-24(21)30-23)25(29)20-10-8-18(9-11-20)6-7-19-4-3-5-22(26)14-19/h3-11,14-15H,12-13,16-17H2,1-2H3/b7-6-. The lowest BCUT2D eigenvalue weighted by atomic mass is 10.1. The molecule has 2 heterocycles. The van der Waals surface area contributed by atoms with E-state index >= 15 is 0 Å². The highest BCUT2D eigenvalue weighted by atomic mass is 35.5. The molecule has 0 radical (unpaired) electrons. The molecule has 0 saturated heterocycles. The van der Waals surface area contributed by atoms with E-state index in [1.54, 1.807) is 0 Å². The van der Waals surface area contributed by atoms with Crippen molar-refractivity contribution in [1.29, 1.82) is 0 Å². The van der Waals surface area contributed by atoms with Crippen molar-refractivity contribution in [1.82, 2.24) is 9.80 Å². The number of amides is 1. The lowest BCUT2D eigenvalue weighted by molar-refractivity contribution is 0.0718. The Hall–Kier alpha value is -2.82. The summed E-state index contributed by atoms with van der Waals surface area (Å²) in [6, 6.07) is 17.5. The highest BCUT2D eigenvalue weighted by Gasteiger charge is 2.25. The lowest BCUT2D eigenvalue weighted by Crippen LogP contribution is -2.35. The molecule has 154 valence electrons. The van der Waals surface area contributed by atoms with Crippen LogP contribution < -0.4 is 0 Å². The van der Waals surface area contributed by atoms with Crippen molar-refractivity contribution in [3.05, 3.63) is 93.4 Å². The van der Waals surface area contributed by atoms with Crippen molar-refractivity contribution >= 4 is 29.7 Å². The van der Waals surface area contributed by atoms with Gasteiger partial charge in [0.2, 0.25) is 0 Å². The van der Waals surface area contributed by atoms with Crippen molar-refractivity contribution in [3.8, 4) is 0 Å². The molecule has 30 heavy (non-hydrogen) atoms. The van der Waals surface area contributed by atoms with Crippen LogP contribution >= 0.6 is 11.6 Å². The van der Waals surface area contributed by atoms with E-state index in [0.29, 0.717) is 23.7 Å². The van der Waals surface area contributed by atoms with Crippen LogP contribution in [-0.4, -0.2) is 36.3 Å². The number of carbonyl (C=O) groups is 1. The molecule has 4 rings (SSSR count). The topological polar surface area (TPSA) is 36.7 Å². The molecule has 0 spiro atoms. The number of rotatable bonds is 5. The van der Waals surface area contributed by atoms with Gasteiger partial charge in [-0.15, -0.1) is 0 Å². The summed E-state index contributed by atoms with van der Waals surface area (Å²) in [5.74, 6) is 1.90. The van der Waals surface area contributed by atoms with E-state index in [9.17, 15) is 4.79 Å². The van der Waals surface area contributed by atoms with E-state index in [4.69, 9.17) is 16.0 Å². The minimum Gasteiger partial charge on any atom is -0.463 e. The zero-order valence-electron chi connectivity index (χ0n) is 17.3. The molecule has 2 aromatic carbocycles. The maximum Gasteiger partial charge on any atom is 0.254 e. The van der Waals surface area contributed by atoms with Crippen LogP contribution in [-0.2, 0) is 19.5 Å². The Labute approximate surface area is 182 Å². The van der Waals surface area contributed by atoms with Gasteiger partial charge in [-0.2, -0.15) is 0 Å². The zero-order valence-corrected chi connectivity index (χ0v) is 18.0. The van der Waals surface area contributed by atoms with Crippen LogP contribution in [0.3, 0.4) is 0 Å². The minimum absolute atomic E-state index is 0.0385. The van der Waals surface area contributed by atoms with Crippen LogP contribution in [0.4, 0.5) is 0 Å². The van der Waals surface area contributed by atoms with Crippen LogP contribution in [0.1, 0.15) is 38.6 Å². The number of nitrogens with zero attached hydrogens (tertiary/aromatic N) is 2. The first-order valence-corrected chi connectivity index (χ1v) is 10.4. The van der Waals surface area contributed by atoms with Crippen molar-refractivity contribution < 1.29 is 9.21 Å². The Balaban J connectivity index is 1.42. The number of hydrogen-bond donors (Lipinski definition) is 0. The summed E-state index contributed by atoms with van der Waals surface area (Å²) in [4.78, 5) is 16.9. The molecule has 1 amide bonds. The molecule has 1 aliphatic rings. The zero-order chi connectivity index (χ0) is 21.1. The summed E-state index contributed by atoms with van der Waals surface area (Å²) >= 11 is 6.03. The Morgan fingerprint density at radius 3 is 2.60 bits per heavy atom. The molecule has 5 heteroatoms. The van der Waals surface area contributed by atoms with Crippen LogP contribution in [0, 0.1) is 0 Å². The van der Waals surface area contributed by atoms with E-state index in [0.717, 1.165) is 35.6 Å². The van der Waals surface area contributed by atoms with Crippen LogP contribution in [0.2, 0.25) is 5.02 Å². The molecule has 0 saturated carbocycles. The molecule has 1 aromatic heterocycles. The number of furan rings is 1. The van der Waals surface area contributed by atoms with E-state index in [-0.39, 0.29) is 5.91 Å². The molecule has 0 N–H and O–H groups in total. The minimum atomic E-state index is 0.0385. The molecule has 0 aliphatic carbocycles. The maximum atomic E-state index is 13.0. The summed E-state index contributed by atoms with van der Waals surface area (Å²) in [6.07, 6.45) is 4.86. The van der Waals surface area contributed by atoms with Crippen molar-refractivity contribution in [2.24, 2.45) is 0 Å². The van der Waals surface area contributed by atoms with Gasteiger partial charge < -0.3 is 14.2 Å². The van der Waals surface area contributed by atoms with Gasteiger partial charge >= 0.3 is 0 Å². The Morgan fingerprint density at radius 1 is 1.10 bits per heavy atom. The fraction of sp³-hybridized carbons (Fsp3) is 0.240. The van der Waals surface area contributed by atoms with E-state index in [1.807, 2.05) is 79.7 Å². The molecule has 0 bridgehead atoms. The second-order valence-corrected chi connectivity index (χ2v) is 8.32. The molecule has 0 atom stereocenters. The highest BCUT2D eigenvalue weighted by molar-refractivity contribution is 6.30. The normalized spacial score (nSPS) is 13.8. The van der Waals surface area contributed by atoms with Gasteiger partial charge in [-0.05, 0) is 67.5 Å². The third-order valence-electron chi connectivity index (χ3n) is 5.17. The monoisotopic (exact) mass is 420 g/mol. The molecule has 4 nitrogen and oxygen atoms in total. The molecule has 3 aromatic rings. The lowest BCUT2D eigenvalue weighted by Gasteiger charge is -2.26. The number of benzene rings is 2. The summed E-state index contributed by atoms with van der Waals surface area (Å²) in [7, 11) is 4.04. The van der Waals surface area contributed by atoms with Gasteiger partial charge in [0.05, 0.1) is 13.1 Å². The molecule has 1 aliphatic heterocycles. The van der Waals surface area contributed by atoms with Crippen LogP contribution in [0.5, 0.6) is 0 Å². The van der Waals surface area contributed by atoms with Gasteiger partial charge in [-0.1, -0.05) is 48.0 Å². The fourth-order valence-corrected chi connectivity index (χ4v) is 3.87. The second-order valence-electron chi connectivity index (χ2n) is 7.89. The number of hydrogen-bond acceptors (Lipinski definition) is 3. The average Bonchev–Trinajstić information content (AvgIpc) is 3.13. The molecular weight excluding hydrogens is 396 g/mol. The number of fused-ring (bicyclic) bond motifs is 1. The summed E-state index contributed by atoms with van der Waals surface area (Å²) in [5, 5.41) is 0.716. The quantitative estimate of drug-likeness (QED) is 0.521. The van der Waals surface area contributed by atoms with E-state index < -0.39 is 0 Å². The van der Waals surface area contributed by atoms with Gasteiger partial charge in [0.25, 0.3) is 5.91 Å². The first kappa shape index (κ1) is 20.5. The highest BCUT2D eigenvalue weighted by Crippen LogP contribution is 2.25. The summed E-state index contributed by atoms with van der Waals surface area (Å²) < 4.78 is 5.98. The van der Waals surface area contributed by atoms with Gasteiger partial charge in [0, 0.05) is 17.1 Å². The van der Waals surface area contributed by atoms with Gasteiger partial charge in [-0.3, -0.25) is 4.79 Å². The third kappa shape index (κ3) is 4.84. The fourth-order valence-electron chi connectivity index (χ4n) is 3.67. The summed E-state index contributed by atoms with van der Waals surface area (Å²) in [6.45, 7) is 2.01. The SMILES string of the molecule is CN(C)Cc1cc2c(o1)CN(C(=O)c1ccc(/C=C\c3cccc(Cl)c3)cc1)CC2. The second kappa shape index (κ2) is 8.90. The molecule has 0 fully saturated rings. The van der Waals surface area contributed by atoms with E-state index in [2.05, 4.69) is 11.0 Å². The molecule has 0 unspecified atom stereocenters. The number of halogens is 1. The number of carbonyl (C=O) groups excluding carboxylic acids is 1. The van der Waals surface area contributed by atoms with E-state index in [1.165, 1.54) is 5.56 Å². The van der Waals surface area contributed by atoms with Crippen molar-refractivity contribution in [2.45, 2.75) is 19.5 Å². The smallest absolute Gasteiger partial charge is 0.254 e. The third-order valence-corrected chi connectivity index (χ3v) is 5.40. The Kier molecular flexibility index (Phi) is 6.07. The Bertz CT molecular complexity index is 1070. The first-order valence-electron chi connectivity index (χ1n) is 10.1. The van der Waals surface area contributed by atoms with Gasteiger partial charge in [0.15, 0.2) is 0 Å². The largest absolute Gasteiger partial charge is 0.463 e. The molecular formula is C25H25ClN2O2. The van der Waals surface area contributed by atoms with Gasteiger partial charge in [0.1, 0.15) is 11.5 Å². The van der Waals surface area contributed by atoms with Crippen LogP contribution in [0.15, 0.2) is 59.0 Å². The van der Waals surface area contributed by atoms with Crippen LogP contribution in [0.25, 0.3) is 12.2 Å². The Morgan fingerprint density at radius 2 is 1.87 bits per heavy atom. The maximum absolute atomic E-state index is 13.0. The van der Waals surface area contributed by atoms with Crippen molar-refractivity contribution in [2.75, 3.05) is 20.6 Å². The van der Waals surface area contributed by atoms with Gasteiger partial charge in [-0.25, -0.2) is 0 Å². The summed E-state index contributed by atoms with van der Waals surface area (Å²) in [5.41, 5.74) is 3.99.